The quantitative estimate of drug-likeness (QED) is 0.765. The first-order valence-electron chi connectivity index (χ1n) is 8.36. The van der Waals surface area contributed by atoms with Gasteiger partial charge in [-0.2, -0.15) is 4.98 Å². The zero-order valence-corrected chi connectivity index (χ0v) is 14.2. The Bertz CT molecular complexity index is 883. The first kappa shape index (κ1) is 16.3. The van der Waals surface area contributed by atoms with Crippen molar-refractivity contribution in [3.8, 4) is 11.4 Å². The molecule has 1 amide bonds. The summed E-state index contributed by atoms with van der Waals surface area (Å²) in [5.41, 5.74) is 1.36. The highest BCUT2D eigenvalue weighted by Gasteiger charge is 2.35. The first-order valence-corrected chi connectivity index (χ1v) is 8.36. The van der Waals surface area contributed by atoms with Crippen molar-refractivity contribution in [1.82, 2.24) is 30.3 Å². The van der Waals surface area contributed by atoms with E-state index in [9.17, 15) is 4.79 Å². The van der Waals surface area contributed by atoms with Crippen LogP contribution in [0.1, 0.15) is 28.7 Å². The van der Waals surface area contributed by atoms with Crippen molar-refractivity contribution in [1.29, 1.82) is 0 Å². The molecule has 26 heavy (non-hydrogen) atoms. The summed E-state index contributed by atoms with van der Waals surface area (Å²) in [4.78, 5) is 27.0. The van der Waals surface area contributed by atoms with Gasteiger partial charge >= 0.3 is 0 Å². The Morgan fingerprint density at radius 3 is 2.77 bits per heavy atom. The fraction of sp³-hybridized carbons (Fsp3) is 0.278. The van der Waals surface area contributed by atoms with Crippen LogP contribution in [0.4, 0.5) is 0 Å². The number of rotatable bonds is 4. The van der Waals surface area contributed by atoms with Gasteiger partial charge in [0.1, 0.15) is 0 Å². The smallest absolute Gasteiger partial charge is 0.253 e. The Balaban J connectivity index is 1.44. The highest BCUT2D eigenvalue weighted by molar-refractivity contribution is 5.94. The second kappa shape index (κ2) is 7.01. The van der Waals surface area contributed by atoms with Crippen molar-refractivity contribution in [2.75, 3.05) is 13.6 Å². The van der Waals surface area contributed by atoms with E-state index in [4.69, 9.17) is 4.52 Å². The number of likely N-dealkylation sites (tertiary alicyclic amines) is 1. The minimum Gasteiger partial charge on any atom is -0.348 e. The maximum Gasteiger partial charge on any atom is 0.253 e. The van der Waals surface area contributed by atoms with E-state index < -0.39 is 0 Å². The molecule has 3 aromatic heterocycles. The fourth-order valence-corrected chi connectivity index (χ4v) is 3.14. The molecule has 0 saturated carbocycles. The number of nitrogens with one attached hydrogen (secondary N) is 1. The maximum atomic E-state index is 12.3. The molecule has 8 heteroatoms. The van der Waals surface area contributed by atoms with Gasteiger partial charge in [-0.3, -0.25) is 19.7 Å². The second-order valence-corrected chi connectivity index (χ2v) is 6.30. The molecule has 1 fully saturated rings. The number of nitrogens with zero attached hydrogens (tertiary/aromatic N) is 5. The number of hydrogen-bond donors (Lipinski definition) is 1. The van der Waals surface area contributed by atoms with Crippen LogP contribution in [-0.2, 0) is 0 Å². The highest BCUT2D eigenvalue weighted by atomic mass is 16.5. The molecule has 4 heterocycles. The Labute approximate surface area is 150 Å². The maximum absolute atomic E-state index is 12.3. The summed E-state index contributed by atoms with van der Waals surface area (Å²) in [7, 11) is 1.98. The van der Waals surface area contributed by atoms with Gasteiger partial charge in [0.2, 0.25) is 11.7 Å². The minimum atomic E-state index is -0.126. The van der Waals surface area contributed by atoms with E-state index in [0.29, 0.717) is 30.2 Å². The lowest BCUT2D eigenvalue weighted by Gasteiger charge is -2.14. The number of aromatic nitrogens is 4. The van der Waals surface area contributed by atoms with Gasteiger partial charge in [-0.1, -0.05) is 5.16 Å². The van der Waals surface area contributed by atoms with Crippen LogP contribution in [0.15, 0.2) is 53.6 Å². The average molecular weight is 350 g/mol. The van der Waals surface area contributed by atoms with Gasteiger partial charge in [0.15, 0.2) is 0 Å². The van der Waals surface area contributed by atoms with Crippen LogP contribution in [0, 0.1) is 0 Å². The third-order valence-corrected chi connectivity index (χ3v) is 4.45. The molecule has 0 aliphatic carbocycles. The molecular formula is C18H18N6O2. The van der Waals surface area contributed by atoms with Gasteiger partial charge in [-0.15, -0.1) is 0 Å². The molecule has 2 atom stereocenters. The van der Waals surface area contributed by atoms with Crippen LogP contribution in [0.3, 0.4) is 0 Å². The van der Waals surface area contributed by atoms with Gasteiger partial charge in [0.05, 0.1) is 11.6 Å². The molecule has 0 bridgehead atoms. The van der Waals surface area contributed by atoms with Gasteiger partial charge in [-0.25, -0.2) is 0 Å². The summed E-state index contributed by atoms with van der Waals surface area (Å²) in [5.74, 6) is 0.938. The van der Waals surface area contributed by atoms with E-state index in [1.54, 1.807) is 36.9 Å². The number of carbonyl (C=O) groups excluding carboxylic acids is 1. The Morgan fingerprint density at radius 2 is 2.04 bits per heavy atom. The van der Waals surface area contributed by atoms with E-state index in [1.165, 1.54) is 0 Å². The summed E-state index contributed by atoms with van der Waals surface area (Å²) >= 11 is 0. The summed E-state index contributed by atoms with van der Waals surface area (Å²) in [5, 5.41) is 7.09. The standard InChI is InChI=1S/C18H18N6O2/c1-24-11-14(21-17(25)13-5-3-7-20-10-13)8-15(24)18-22-16(23-26-18)12-4-2-6-19-9-12/h2-7,9-10,14-15H,8,11H2,1H3,(H,21,25). The number of amides is 1. The van der Waals surface area contributed by atoms with Gasteiger partial charge in [-0.05, 0) is 37.7 Å². The van der Waals surface area contributed by atoms with Crippen molar-refractivity contribution in [3.63, 3.8) is 0 Å². The number of pyridine rings is 2. The monoisotopic (exact) mass is 350 g/mol. The Morgan fingerprint density at radius 1 is 1.23 bits per heavy atom. The molecule has 1 saturated heterocycles. The SMILES string of the molecule is CN1CC(NC(=O)c2cccnc2)CC1c1nc(-c2cccnc2)no1. The third-order valence-electron chi connectivity index (χ3n) is 4.45. The summed E-state index contributed by atoms with van der Waals surface area (Å²) in [6, 6.07) is 7.18. The van der Waals surface area contributed by atoms with Gasteiger partial charge in [0, 0.05) is 42.9 Å². The fourth-order valence-electron chi connectivity index (χ4n) is 3.14. The normalized spacial score (nSPS) is 20.2. The summed E-state index contributed by atoms with van der Waals surface area (Å²) in [6.45, 7) is 0.710. The topological polar surface area (TPSA) is 97.0 Å². The molecule has 4 rings (SSSR count). The molecule has 1 aliphatic heterocycles. The molecule has 1 aliphatic rings. The first-order chi connectivity index (χ1) is 12.7. The molecule has 132 valence electrons. The molecule has 1 N–H and O–H groups in total. The summed E-state index contributed by atoms with van der Waals surface area (Å²) in [6.07, 6.45) is 7.31. The average Bonchev–Trinajstić information content (AvgIpc) is 3.30. The minimum absolute atomic E-state index is 0.00597. The number of hydrogen-bond acceptors (Lipinski definition) is 7. The lowest BCUT2D eigenvalue weighted by molar-refractivity contribution is 0.0938. The van der Waals surface area contributed by atoms with Crippen LogP contribution < -0.4 is 5.32 Å². The zero-order valence-electron chi connectivity index (χ0n) is 14.2. The number of carbonyl (C=O) groups is 1. The lowest BCUT2D eigenvalue weighted by atomic mass is 10.1. The molecule has 0 spiro atoms. The molecular weight excluding hydrogens is 332 g/mol. The number of likely N-dealkylation sites (N-methyl/N-ethyl adjacent to an activating group) is 1. The second-order valence-electron chi connectivity index (χ2n) is 6.30. The Kier molecular flexibility index (Phi) is 4.40. The van der Waals surface area contributed by atoms with Gasteiger partial charge < -0.3 is 9.84 Å². The van der Waals surface area contributed by atoms with E-state index >= 15 is 0 Å². The van der Waals surface area contributed by atoms with Crippen LogP contribution in [-0.4, -0.2) is 50.5 Å². The third kappa shape index (κ3) is 3.31. The van der Waals surface area contributed by atoms with Crippen molar-refractivity contribution >= 4 is 5.91 Å². The molecule has 3 aromatic rings. The molecule has 8 nitrogen and oxygen atoms in total. The van der Waals surface area contributed by atoms with Crippen molar-refractivity contribution in [2.24, 2.45) is 0 Å². The largest absolute Gasteiger partial charge is 0.348 e. The van der Waals surface area contributed by atoms with E-state index in [-0.39, 0.29) is 18.0 Å². The van der Waals surface area contributed by atoms with Crippen molar-refractivity contribution in [2.45, 2.75) is 18.5 Å². The molecule has 0 aromatic carbocycles. The predicted molar refractivity (Wildman–Crippen MR) is 93.0 cm³/mol. The summed E-state index contributed by atoms with van der Waals surface area (Å²) < 4.78 is 5.46. The van der Waals surface area contributed by atoms with Crippen LogP contribution in [0.2, 0.25) is 0 Å². The highest BCUT2D eigenvalue weighted by Crippen LogP contribution is 2.30. The van der Waals surface area contributed by atoms with E-state index in [0.717, 1.165) is 5.56 Å². The molecule has 2 unspecified atom stereocenters. The van der Waals surface area contributed by atoms with Crippen molar-refractivity contribution < 1.29 is 9.32 Å². The van der Waals surface area contributed by atoms with Crippen LogP contribution >= 0.6 is 0 Å². The zero-order chi connectivity index (χ0) is 17.9. The predicted octanol–water partition coefficient (Wildman–Crippen LogP) is 1.70. The van der Waals surface area contributed by atoms with Crippen LogP contribution in [0.5, 0.6) is 0 Å². The van der Waals surface area contributed by atoms with E-state index in [1.807, 2.05) is 19.2 Å². The molecule has 0 radical (unpaired) electrons. The lowest BCUT2D eigenvalue weighted by Crippen LogP contribution is -2.36. The van der Waals surface area contributed by atoms with E-state index in [2.05, 4.69) is 30.3 Å². The van der Waals surface area contributed by atoms with Gasteiger partial charge in [0.25, 0.3) is 5.91 Å². The van der Waals surface area contributed by atoms with Crippen molar-refractivity contribution in [3.05, 3.63) is 60.5 Å². The Hall–Kier alpha value is -3.13. The van der Waals surface area contributed by atoms with Crippen LogP contribution in [0.25, 0.3) is 11.4 Å².